The van der Waals surface area contributed by atoms with Gasteiger partial charge in [0.25, 0.3) is 0 Å². The Balaban J connectivity index is 2.07. The molecule has 1 aliphatic heterocycles. The molecule has 1 atom stereocenters. The summed E-state index contributed by atoms with van der Waals surface area (Å²) in [5.74, 6) is 0.159. The first-order valence-electron chi connectivity index (χ1n) is 5.98. The molecule has 0 bridgehead atoms. The van der Waals surface area contributed by atoms with Gasteiger partial charge in [0.05, 0.1) is 0 Å². The first kappa shape index (κ1) is 13.0. The molecule has 16 heavy (non-hydrogen) atoms. The zero-order valence-corrected chi connectivity index (χ0v) is 9.63. The van der Waals surface area contributed by atoms with E-state index in [1.807, 2.05) is 0 Å². The fraction of sp³-hybridized carbons (Fsp3) is 0.818. The van der Waals surface area contributed by atoms with E-state index in [1.54, 1.807) is 0 Å². The van der Waals surface area contributed by atoms with Crippen molar-refractivity contribution < 1.29 is 9.59 Å². The summed E-state index contributed by atoms with van der Waals surface area (Å²) in [6.07, 6.45) is 4.70. The Hall–Kier alpha value is -1.10. The molecule has 0 spiro atoms. The highest BCUT2D eigenvalue weighted by Crippen LogP contribution is 2.04. The average molecular weight is 227 g/mol. The molecule has 0 aromatic carbocycles. The van der Waals surface area contributed by atoms with E-state index in [9.17, 15) is 9.59 Å². The van der Waals surface area contributed by atoms with Crippen LogP contribution >= 0.6 is 0 Å². The largest absolute Gasteiger partial charge is 0.354 e. The van der Waals surface area contributed by atoms with E-state index in [2.05, 4.69) is 10.6 Å². The van der Waals surface area contributed by atoms with Crippen molar-refractivity contribution in [2.24, 2.45) is 5.73 Å². The Bertz CT molecular complexity index is 233. The minimum Gasteiger partial charge on any atom is -0.354 e. The Labute approximate surface area is 96.1 Å². The molecule has 0 aromatic rings. The summed E-state index contributed by atoms with van der Waals surface area (Å²) >= 11 is 0. The molecule has 1 heterocycles. The molecular formula is C11H21N3O2. The molecular weight excluding hydrogens is 206 g/mol. The van der Waals surface area contributed by atoms with Gasteiger partial charge in [-0.15, -0.1) is 0 Å². The highest BCUT2D eigenvalue weighted by Gasteiger charge is 2.18. The number of nitrogens with one attached hydrogen (secondary N) is 2. The summed E-state index contributed by atoms with van der Waals surface area (Å²) in [4.78, 5) is 22.4. The van der Waals surface area contributed by atoms with Crippen molar-refractivity contribution >= 4 is 11.8 Å². The summed E-state index contributed by atoms with van der Waals surface area (Å²) < 4.78 is 0. The number of nitrogens with two attached hydrogens (primary N) is 1. The Morgan fingerprint density at radius 3 is 2.88 bits per heavy atom. The summed E-state index contributed by atoms with van der Waals surface area (Å²) in [6, 6.07) is 0.111. The highest BCUT2D eigenvalue weighted by atomic mass is 16.2. The molecule has 4 N–H and O–H groups in total. The van der Waals surface area contributed by atoms with E-state index in [4.69, 9.17) is 5.73 Å². The molecule has 0 saturated carbocycles. The molecule has 1 rings (SSSR count). The number of hydrogen-bond donors (Lipinski definition) is 3. The van der Waals surface area contributed by atoms with Crippen LogP contribution in [0.5, 0.6) is 0 Å². The van der Waals surface area contributed by atoms with Crippen molar-refractivity contribution in [2.45, 2.75) is 44.6 Å². The van der Waals surface area contributed by atoms with Crippen LogP contribution in [0.4, 0.5) is 0 Å². The minimum absolute atomic E-state index is 0.0773. The van der Waals surface area contributed by atoms with Crippen LogP contribution in [-0.4, -0.2) is 30.9 Å². The van der Waals surface area contributed by atoms with Crippen LogP contribution in [0.3, 0.4) is 0 Å². The quantitative estimate of drug-likeness (QED) is 0.554. The number of hydrogen-bond acceptors (Lipinski definition) is 3. The third kappa shape index (κ3) is 5.11. The summed E-state index contributed by atoms with van der Waals surface area (Å²) in [5.41, 5.74) is 5.37. The van der Waals surface area contributed by atoms with Gasteiger partial charge in [-0.25, -0.2) is 0 Å². The summed E-state index contributed by atoms with van der Waals surface area (Å²) in [5, 5.41) is 5.68. The second-order valence-corrected chi connectivity index (χ2v) is 4.21. The van der Waals surface area contributed by atoms with Gasteiger partial charge in [-0.1, -0.05) is 6.42 Å². The monoisotopic (exact) mass is 227 g/mol. The number of piperidine rings is 1. The van der Waals surface area contributed by atoms with Gasteiger partial charge in [0.15, 0.2) is 0 Å². The van der Waals surface area contributed by atoms with Crippen LogP contribution in [0.15, 0.2) is 0 Å². The lowest BCUT2D eigenvalue weighted by Crippen LogP contribution is -2.47. The first-order valence-corrected chi connectivity index (χ1v) is 5.98. The highest BCUT2D eigenvalue weighted by molar-refractivity contribution is 5.78. The van der Waals surface area contributed by atoms with Crippen molar-refractivity contribution in [3.63, 3.8) is 0 Å². The molecule has 1 unspecified atom stereocenters. The van der Waals surface area contributed by atoms with Crippen molar-refractivity contribution in [2.75, 3.05) is 13.1 Å². The van der Waals surface area contributed by atoms with Gasteiger partial charge in [0.1, 0.15) is 0 Å². The van der Waals surface area contributed by atoms with E-state index in [-0.39, 0.29) is 17.9 Å². The fourth-order valence-corrected chi connectivity index (χ4v) is 1.76. The molecule has 92 valence electrons. The number of rotatable bonds is 6. The van der Waals surface area contributed by atoms with E-state index >= 15 is 0 Å². The second-order valence-electron chi connectivity index (χ2n) is 4.21. The minimum atomic E-state index is 0.0773. The maximum absolute atomic E-state index is 11.5. The van der Waals surface area contributed by atoms with Crippen LogP contribution in [-0.2, 0) is 9.59 Å². The number of carbonyl (C=O) groups excluding carboxylic acids is 2. The van der Waals surface area contributed by atoms with E-state index in [0.717, 1.165) is 25.7 Å². The molecule has 0 radical (unpaired) electrons. The van der Waals surface area contributed by atoms with Gasteiger partial charge in [-0.3, -0.25) is 9.59 Å². The Morgan fingerprint density at radius 2 is 2.25 bits per heavy atom. The SMILES string of the molecule is NCCCCCC(=O)NC1CCC(=O)NC1. The molecule has 5 nitrogen and oxygen atoms in total. The van der Waals surface area contributed by atoms with Crippen LogP contribution < -0.4 is 16.4 Å². The van der Waals surface area contributed by atoms with Crippen molar-refractivity contribution in [1.82, 2.24) is 10.6 Å². The lowest BCUT2D eigenvalue weighted by molar-refractivity contribution is -0.125. The second kappa shape index (κ2) is 7.22. The maximum Gasteiger partial charge on any atom is 0.220 e. The Morgan fingerprint density at radius 1 is 1.44 bits per heavy atom. The third-order valence-corrected chi connectivity index (χ3v) is 2.74. The van der Waals surface area contributed by atoms with Crippen LogP contribution in [0.2, 0.25) is 0 Å². The van der Waals surface area contributed by atoms with E-state index in [1.165, 1.54) is 0 Å². The first-order chi connectivity index (χ1) is 7.72. The molecule has 1 saturated heterocycles. The molecule has 5 heteroatoms. The van der Waals surface area contributed by atoms with Gasteiger partial charge in [0.2, 0.25) is 11.8 Å². The van der Waals surface area contributed by atoms with Crippen LogP contribution in [0.25, 0.3) is 0 Å². The molecule has 1 fully saturated rings. The zero-order chi connectivity index (χ0) is 11.8. The molecule has 2 amide bonds. The van der Waals surface area contributed by atoms with E-state index in [0.29, 0.717) is 25.9 Å². The van der Waals surface area contributed by atoms with Crippen molar-refractivity contribution in [3.8, 4) is 0 Å². The van der Waals surface area contributed by atoms with Crippen LogP contribution in [0.1, 0.15) is 38.5 Å². The van der Waals surface area contributed by atoms with Gasteiger partial charge < -0.3 is 16.4 Å². The summed E-state index contributed by atoms with van der Waals surface area (Å²) in [7, 11) is 0. The maximum atomic E-state index is 11.5. The van der Waals surface area contributed by atoms with Gasteiger partial charge in [-0.2, -0.15) is 0 Å². The number of unbranched alkanes of at least 4 members (excludes halogenated alkanes) is 2. The van der Waals surface area contributed by atoms with Crippen LogP contribution in [0, 0.1) is 0 Å². The summed E-state index contributed by atoms with van der Waals surface area (Å²) in [6.45, 7) is 1.25. The predicted molar refractivity (Wildman–Crippen MR) is 61.7 cm³/mol. The third-order valence-electron chi connectivity index (χ3n) is 2.74. The topological polar surface area (TPSA) is 84.2 Å². The van der Waals surface area contributed by atoms with Crippen molar-refractivity contribution in [1.29, 1.82) is 0 Å². The number of carbonyl (C=O) groups is 2. The molecule has 0 aromatic heterocycles. The Kier molecular flexibility index (Phi) is 5.85. The average Bonchev–Trinajstić information content (AvgIpc) is 2.28. The standard InChI is InChI=1S/C11H21N3O2/c12-7-3-1-2-4-11(16)14-9-5-6-10(15)13-8-9/h9H,1-8,12H2,(H,13,15)(H,14,16). The predicted octanol–water partition coefficient (Wildman–Crippen LogP) is -0.0997. The molecule has 0 aliphatic carbocycles. The van der Waals surface area contributed by atoms with E-state index < -0.39 is 0 Å². The fourth-order valence-electron chi connectivity index (χ4n) is 1.76. The lowest BCUT2D eigenvalue weighted by atomic mass is 10.1. The zero-order valence-electron chi connectivity index (χ0n) is 9.63. The normalized spacial score (nSPS) is 20.3. The molecule has 1 aliphatic rings. The van der Waals surface area contributed by atoms with Crippen molar-refractivity contribution in [3.05, 3.63) is 0 Å². The van der Waals surface area contributed by atoms with Gasteiger partial charge in [-0.05, 0) is 25.8 Å². The van der Waals surface area contributed by atoms with Gasteiger partial charge >= 0.3 is 0 Å². The van der Waals surface area contributed by atoms with Gasteiger partial charge in [0, 0.05) is 25.4 Å². The smallest absolute Gasteiger partial charge is 0.220 e. The number of amides is 2. The lowest BCUT2D eigenvalue weighted by Gasteiger charge is -2.23.